The largest absolute Gasteiger partial charge is 0.434 e. The lowest BCUT2D eigenvalue weighted by Crippen LogP contribution is -2.12. The van der Waals surface area contributed by atoms with Crippen LogP contribution in [0.4, 0.5) is 39.5 Å². The summed E-state index contributed by atoms with van der Waals surface area (Å²) in [5, 5.41) is 0. The van der Waals surface area contributed by atoms with Crippen molar-refractivity contribution in [1.82, 2.24) is 0 Å². The van der Waals surface area contributed by atoms with Gasteiger partial charge in [-0.05, 0) is 12.1 Å². The maximum absolute atomic E-state index is 13.2. The van der Waals surface area contributed by atoms with Crippen molar-refractivity contribution >= 4 is 5.83 Å². The highest BCUT2D eigenvalue weighted by molar-refractivity contribution is 5.68. The number of benzene rings is 1. The smallest absolute Gasteiger partial charge is 0.387 e. The van der Waals surface area contributed by atoms with E-state index in [4.69, 9.17) is 0 Å². The molecule has 1 rings (SSSR count). The van der Waals surface area contributed by atoms with Gasteiger partial charge >= 0.3 is 12.7 Å². The molecule has 0 heterocycles. The zero-order valence-electron chi connectivity index (χ0n) is 9.70. The van der Waals surface area contributed by atoms with Crippen LogP contribution in [0.1, 0.15) is 17.3 Å². The number of hydrogen-bond donors (Lipinski definition) is 0. The molecule has 0 aliphatic carbocycles. The van der Waals surface area contributed by atoms with Crippen LogP contribution in [-0.4, -0.2) is 13.0 Å². The monoisotopic (exact) mass is 324 g/mol. The summed E-state index contributed by atoms with van der Waals surface area (Å²) in [6.07, 6.45) is -10.2. The predicted octanol–water partition coefficient (Wildman–Crippen LogP) is 5.24. The molecular formula is C11H5F9O. The van der Waals surface area contributed by atoms with Gasteiger partial charge in [-0.2, -0.15) is 17.6 Å². The Bertz CT molecular complexity index is 537. The van der Waals surface area contributed by atoms with E-state index in [0.29, 0.717) is 0 Å². The summed E-state index contributed by atoms with van der Waals surface area (Å²) < 4.78 is 116. The van der Waals surface area contributed by atoms with Crippen molar-refractivity contribution in [2.75, 3.05) is 0 Å². The summed E-state index contributed by atoms with van der Waals surface area (Å²) in [5.41, 5.74) is -3.09. The molecule has 0 saturated heterocycles. The number of hydrogen-bond acceptors (Lipinski definition) is 1. The molecule has 1 aromatic carbocycles. The van der Waals surface area contributed by atoms with Gasteiger partial charge in [-0.25, -0.2) is 22.0 Å². The maximum Gasteiger partial charge on any atom is 0.387 e. The molecule has 1 nitrogen and oxygen atoms in total. The normalized spacial score (nSPS) is 12.7. The molecule has 0 saturated carbocycles. The third-order valence-electron chi connectivity index (χ3n) is 2.21. The minimum absolute atomic E-state index is 0.00606. The van der Waals surface area contributed by atoms with Crippen LogP contribution in [0.5, 0.6) is 5.75 Å². The molecule has 0 fully saturated rings. The van der Waals surface area contributed by atoms with Gasteiger partial charge in [-0.15, -0.1) is 0 Å². The first kappa shape index (κ1) is 17.2. The van der Waals surface area contributed by atoms with Crippen molar-refractivity contribution in [1.29, 1.82) is 0 Å². The van der Waals surface area contributed by atoms with Crippen LogP contribution >= 0.6 is 0 Å². The molecule has 0 aliphatic heterocycles. The molecule has 118 valence electrons. The molecule has 0 bridgehead atoms. The second kappa shape index (κ2) is 6.72. The molecule has 1 atom stereocenters. The van der Waals surface area contributed by atoms with E-state index in [1.165, 1.54) is 0 Å². The first-order chi connectivity index (χ1) is 9.65. The van der Waals surface area contributed by atoms with Crippen LogP contribution in [0, 0.1) is 5.82 Å². The Balaban J connectivity index is 3.60. The standard InChI is InChI=1S/C11H5F9O/c12-3-1-4(6(13)9(15)16)8(21-11(19)20)5(2-3)7(14)10(17)18/h1-2,6,9,11H. The average molecular weight is 324 g/mol. The highest BCUT2D eigenvalue weighted by Gasteiger charge is 2.31. The molecule has 21 heavy (non-hydrogen) atoms. The summed E-state index contributed by atoms with van der Waals surface area (Å²) in [6.45, 7) is -3.76. The van der Waals surface area contributed by atoms with Crippen molar-refractivity contribution in [3.8, 4) is 5.75 Å². The van der Waals surface area contributed by atoms with Gasteiger partial charge in [0, 0.05) is 5.56 Å². The number of rotatable bonds is 5. The van der Waals surface area contributed by atoms with Crippen molar-refractivity contribution in [3.05, 3.63) is 35.2 Å². The van der Waals surface area contributed by atoms with Gasteiger partial charge in [-0.3, -0.25) is 0 Å². The van der Waals surface area contributed by atoms with Crippen LogP contribution in [0.25, 0.3) is 5.83 Å². The van der Waals surface area contributed by atoms with Gasteiger partial charge in [0.25, 0.3) is 6.43 Å². The average Bonchev–Trinajstić information content (AvgIpc) is 2.37. The molecule has 0 aromatic heterocycles. The van der Waals surface area contributed by atoms with Gasteiger partial charge in [0.15, 0.2) is 12.0 Å². The fourth-order valence-electron chi connectivity index (χ4n) is 1.44. The second-order valence-corrected chi connectivity index (χ2v) is 3.56. The fourth-order valence-corrected chi connectivity index (χ4v) is 1.44. The second-order valence-electron chi connectivity index (χ2n) is 3.56. The van der Waals surface area contributed by atoms with Crippen molar-refractivity contribution in [2.24, 2.45) is 0 Å². The Morgan fingerprint density at radius 1 is 0.952 bits per heavy atom. The van der Waals surface area contributed by atoms with Crippen LogP contribution < -0.4 is 4.74 Å². The van der Waals surface area contributed by atoms with Crippen molar-refractivity contribution in [2.45, 2.75) is 19.2 Å². The van der Waals surface area contributed by atoms with E-state index >= 15 is 0 Å². The van der Waals surface area contributed by atoms with E-state index in [1.807, 2.05) is 0 Å². The Morgan fingerprint density at radius 3 is 1.95 bits per heavy atom. The highest BCUT2D eigenvalue weighted by atomic mass is 19.3. The molecule has 0 radical (unpaired) electrons. The van der Waals surface area contributed by atoms with E-state index in [2.05, 4.69) is 4.74 Å². The van der Waals surface area contributed by atoms with Gasteiger partial charge < -0.3 is 4.74 Å². The van der Waals surface area contributed by atoms with E-state index in [-0.39, 0.29) is 12.1 Å². The van der Waals surface area contributed by atoms with Gasteiger partial charge in [0.05, 0.1) is 5.56 Å². The Morgan fingerprint density at radius 2 is 1.52 bits per heavy atom. The zero-order chi connectivity index (χ0) is 16.3. The first-order valence-corrected chi connectivity index (χ1v) is 5.06. The minimum atomic E-state index is -3.79. The maximum atomic E-state index is 13.2. The minimum Gasteiger partial charge on any atom is -0.434 e. The number of ether oxygens (including phenoxy) is 1. The molecule has 0 amide bonds. The topological polar surface area (TPSA) is 9.23 Å². The van der Waals surface area contributed by atoms with Crippen LogP contribution in [-0.2, 0) is 0 Å². The predicted molar refractivity (Wildman–Crippen MR) is 53.1 cm³/mol. The third kappa shape index (κ3) is 4.05. The zero-order valence-corrected chi connectivity index (χ0v) is 9.70. The summed E-state index contributed by atoms with van der Waals surface area (Å²) in [4.78, 5) is 0. The SMILES string of the molecule is FC(F)=C(F)c1cc(F)cc(C(F)C(F)F)c1OC(F)F. The fraction of sp³-hybridized carbons (Fsp3) is 0.273. The molecule has 0 N–H and O–H groups in total. The van der Waals surface area contributed by atoms with Gasteiger partial charge in [-0.1, -0.05) is 0 Å². The highest BCUT2D eigenvalue weighted by Crippen LogP contribution is 2.40. The quantitative estimate of drug-likeness (QED) is 0.673. The third-order valence-corrected chi connectivity index (χ3v) is 2.21. The lowest BCUT2D eigenvalue weighted by Gasteiger charge is -2.17. The summed E-state index contributed by atoms with van der Waals surface area (Å²) >= 11 is 0. The Hall–Kier alpha value is -1.87. The first-order valence-electron chi connectivity index (χ1n) is 5.06. The van der Waals surface area contributed by atoms with Crippen molar-refractivity contribution < 1.29 is 44.3 Å². The van der Waals surface area contributed by atoms with Gasteiger partial charge in [0.2, 0.25) is 0 Å². The molecule has 10 heteroatoms. The van der Waals surface area contributed by atoms with Gasteiger partial charge in [0.1, 0.15) is 11.6 Å². The molecule has 1 unspecified atom stereocenters. The molecule has 0 spiro atoms. The molecular weight excluding hydrogens is 319 g/mol. The summed E-state index contributed by atoms with van der Waals surface area (Å²) in [6, 6.07) is 0.0232. The van der Waals surface area contributed by atoms with Crippen LogP contribution in [0.15, 0.2) is 18.2 Å². The molecule has 0 aliphatic rings. The van der Waals surface area contributed by atoms with E-state index in [1.54, 1.807) is 0 Å². The lowest BCUT2D eigenvalue weighted by molar-refractivity contribution is -0.0528. The van der Waals surface area contributed by atoms with E-state index < -0.39 is 53.8 Å². The summed E-state index contributed by atoms with van der Waals surface area (Å²) in [7, 11) is 0. The van der Waals surface area contributed by atoms with E-state index in [9.17, 15) is 39.5 Å². The summed E-state index contributed by atoms with van der Waals surface area (Å²) in [5.74, 6) is -5.70. The lowest BCUT2D eigenvalue weighted by atomic mass is 10.0. The number of halogens is 9. The number of alkyl halides is 5. The van der Waals surface area contributed by atoms with Crippen LogP contribution in [0.3, 0.4) is 0 Å². The Labute approximate surface area is 111 Å². The van der Waals surface area contributed by atoms with E-state index in [0.717, 1.165) is 0 Å². The van der Waals surface area contributed by atoms with Crippen molar-refractivity contribution in [3.63, 3.8) is 0 Å². The molecule has 1 aromatic rings. The van der Waals surface area contributed by atoms with Crippen LogP contribution in [0.2, 0.25) is 0 Å². The Kier molecular flexibility index (Phi) is 5.50.